The molecular weight excluding hydrogens is 620 g/mol. The lowest BCUT2D eigenvalue weighted by molar-refractivity contribution is 0.0724. The highest BCUT2D eigenvalue weighted by Crippen LogP contribution is 2.41. The van der Waals surface area contributed by atoms with Gasteiger partial charge in [-0.05, 0) is 97.8 Å². The van der Waals surface area contributed by atoms with Gasteiger partial charge in [-0.25, -0.2) is 9.59 Å². The van der Waals surface area contributed by atoms with Crippen molar-refractivity contribution in [3.63, 3.8) is 0 Å². The van der Waals surface area contributed by atoms with Crippen molar-refractivity contribution in [3.05, 3.63) is 96.1 Å². The van der Waals surface area contributed by atoms with Gasteiger partial charge in [0.1, 0.15) is 34.5 Å². The van der Waals surface area contributed by atoms with Crippen molar-refractivity contribution in [1.29, 1.82) is 0 Å². The Morgan fingerprint density at radius 2 is 0.939 bits per heavy atom. The van der Waals surface area contributed by atoms with E-state index in [2.05, 4.69) is 13.8 Å². The van der Waals surface area contributed by atoms with E-state index in [0.29, 0.717) is 78.1 Å². The van der Waals surface area contributed by atoms with Crippen LogP contribution >= 0.6 is 0 Å². The average Bonchev–Trinajstić information content (AvgIpc) is 3.21. The number of unbranched alkanes of at least 4 members (excludes halogenated alkanes) is 6. The van der Waals surface area contributed by atoms with Crippen molar-refractivity contribution in [1.82, 2.24) is 0 Å². The second-order valence-corrected chi connectivity index (χ2v) is 12.0. The molecule has 4 aromatic carbocycles. The van der Waals surface area contributed by atoms with Gasteiger partial charge in [0.2, 0.25) is 0 Å². The number of carbonyl (C=O) groups is 2. The normalized spacial score (nSPS) is 12.1. The van der Waals surface area contributed by atoms with E-state index < -0.39 is 11.9 Å². The minimum Gasteiger partial charge on any atom is -0.494 e. The fourth-order valence-electron chi connectivity index (χ4n) is 5.39. The summed E-state index contributed by atoms with van der Waals surface area (Å²) < 4.78 is 35.3. The number of esters is 2. The molecule has 0 N–H and O–H groups in total. The Balaban J connectivity index is 1.27. The molecule has 0 amide bonds. The molecule has 0 radical (unpaired) electrons. The Hall–Kier alpha value is -4.98. The first kappa shape index (κ1) is 35.3. The lowest BCUT2D eigenvalue weighted by Crippen LogP contribution is -2.09. The largest absolute Gasteiger partial charge is 0.494 e. The lowest BCUT2D eigenvalue weighted by atomic mass is 10.0. The third kappa shape index (κ3) is 10.5. The molecule has 258 valence electrons. The van der Waals surface area contributed by atoms with Gasteiger partial charge in [-0.3, -0.25) is 0 Å². The van der Waals surface area contributed by atoms with Gasteiger partial charge in [0.05, 0.1) is 37.6 Å². The van der Waals surface area contributed by atoms with Crippen molar-refractivity contribution in [3.8, 4) is 45.6 Å². The molecule has 0 spiro atoms. The molecular formula is C41H46O8. The predicted octanol–water partition coefficient (Wildman–Crippen LogP) is 9.87. The molecule has 5 rings (SSSR count). The fraction of sp³-hybridized carbons (Fsp3) is 0.366. The molecule has 8 nitrogen and oxygen atoms in total. The summed E-state index contributed by atoms with van der Waals surface area (Å²) in [5.74, 6) is 2.31. The summed E-state index contributed by atoms with van der Waals surface area (Å²) in [4.78, 5) is 26.2. The Kier molecular flexibility index (Phi) is 13.4. The maximum Gasteiger partial charge on any atom is 0.343 e. The molecule has 0 aromatic heterocycles. The first-order valence-electron chi connectivity index (χ1n) is 17.5. The van der Waals surface area contributed by atoms with E-state index in [1.54, 1.807) is 84.9 Å². The lowest BCUT2D eigenvalue weighted by Gasteiger charge is -2.15. The maximum absolute atomic E-state index is 13.1. The second kappa shape index (κ2) is 18.5. The smallest absolute Gasteiger partial charge is 0.343 e. The zero-order valence-corrected chi connectivity index (χ0v) is 28.5. The summed E-state index contributed by atoms with van der Waals surface area (Å²) in [5, 5.41) is 0. The van der Waals surface area contributed by atoms with Crippen LogP contribution in [0.4, 0.5) is 0 Å². The van der Waals surface area contributed by atoms with Crippen molar-refractivity contribution in [2.24, 2.45) is 0 Å². The number of hydrogen-bond acceptors (Lipinski definition) is 8. The molecule has 49 heavy (non-hydrogen) atoms. The van der Waals surface area contributed by atoms with Crippen molar-refractivity contribution < 1.29 is 38.0 Å². The molecule has 4 aromatic rings. The van der Waals surface area contributed by atoms with E-state index in [4.69, 9.17) is 28.4 Å². The van der Waals surface area contributed by atoms with Gasteiger partial charge >= 0.3 is 11.9 Å². The van der Waals surface area contributed by atoms with Crippen molar-refractivity contribution in [2.45, 2.75) is 71.6 Å². The predicted molar refractivity (Wildman–Crippen MR) is 190 cm³/mol. The topological polar surface area (TPSA) is 89.5 Å². The third-order valence-electron chi connectivity index (χ3n) is 8.13. The van der Waals surface area contributed by atoms with Gasteiger partial charge in [-0.15, -0.1) is 0 Å². The molecule has 1 aliphatic rings. The number of hydrogen-bond donors (Lipinski definition) is 0. The molecule has 0 unspecified atom stereocenters. The van der Waals surface area contributed by atoms with Gasteiger partial charge in [0.15, 0.2) is 0 Å². The molecule has 1 heterocycles. The summed E-state index contributed by atoms with van der Waals surface area (Å²) in [7, 11) is 0. The molecule has 1 aliphatic heterocycles. The van der Waals surface area contributed by atoms with Crippen LogP contribution in [0.1, 0.15) is 92.4 Å². The molecule has 0 fully saturated rings. The van der Waals surface area contributed by atoms with Crippen LogP contribution in [0.2, 0.25) is 0 Å². The minimum absolute atomic E-state index is 0.337. The summed E-state index contributed by atoms with van der Waals surface area (Å²) in [5.41, 5.74) is 2.10. The quantitative estimate of drug-likeness (QED) is 0.0663. The van der Waals surface area contributed by atoms with Crippen molar-refractivity contribution >= 4 is 11.9 Å². The third-order valence-corrected chi connectivity index (χ3v) is 8.13. The number of rotatable bonds is 16. The fourth-order valence-corrected chi connectivity index (χ4v) is 5.39. The van der Waals surface area contributed by atoms with Crippen molar-refractivity contribution in [2.75, 3.05) is 26.4 Å². The highest BCUT2D eigenvalue weighted by Gasteiger charge is 2.19. The summed E-state index contributed by atoms with van der Waals surface area (Å²) in [6.07, 6.45) is 9.71. The number of benzene rings is 4. The van der Waals surface area contributed by atoms with Gasteiger partial charge in [0, 0.05) is 17.5 Å². The summed E-state index contributed by atoms with van der Waals surface area (Å²) in [6.45, 7) is 6.56. The standard InChI is InChI=1S/C41H46O8/c1-3-5-7-9-24-44-32-16-12-30(13-17-32)40(42)48-34-20-22-38-36(28-34)37-29-35(21-23-39(37)47-27-11-26-46-38)49-41(43)31-14-18-33(19-15-31)45-25-10-8-6-4-2/h12-23,28-29H,3-11,24-27H2,1-2H3. The number of ether oxygens (including phenoxy) is 6. The van der Waals surface area contributed by atoms with Crippen LogP contribution in [-0.2, 0) is 0 Å². The van der Waals surface area contributed by atoms with E-state index in [1.807, 2.05) is 0 Å². The Labute approximate surface area is 289 Å². The zero-order valence-electron chi connectivity index (χ0n) is 28.5. The van der Waals surface area contributed by atoms with Gasteiger partial charge in [-0.2, -0.15) is 0 Å². The van der Waals surface area contributed by atoms with Crippen LogP contribution < -0.4 is 28.4 Å². The first-order chi connectivity index (χ1) is 24.0. The molecule has 0 saturated heterocycles. The monoisotopic (exact) mass is 666 g/mol. The maximum atomic E-state index is 13.1. The Morgan fingerprint density at radius 3 is 1.35 bits per heavy atom. The van der Waals surface area contributed by atoms with Crippen LogP contribution in [0.3, 0.4) is 0 Å². The van der Waals surface area contributed by atoms with E-state index in [-0.39, 0.29) is 0 Å². The van der Waals surface area contributed by atoms with Crippen LogP contribution in [0.15, 0.2) is 84.9 Å². The molecule has 0 saturated carbocycles. The van der Waals surface area contributed by atoms with Crippen LogP contribution in [0, 0.1) is 0 Å². The Morgan fingerprint density at radius 1 is 0.531 bits per heavy atom. The van der Waals surface area contributed by atoms with E-state index in [0.717, 1.165) is 37.2 Å². The SMILES string of the molecule is CCCCCCOc1ccc(C(=O)Oc2ccc3c(c2)-c2cc(OC(=O)c4ccc(OCCCCCC)cc4)ccc2OCCCO3)cc1. The second-order valence-electron chi connectivity index (χ2n) is 12.0. The Bertz CT molecular complexity index is 1520. The zero-order chi connectivity index (χ0) is 34.3. The molecule has 8 heteroatoms. The van der Waals surface area contributed by atoms with Gasteiger partial charge in [-0.1, -0.05) is 52.4 Å². The van der Waals surface area contributed by atoms with Gasteiger partial charge < -0.3 is 28.4 Å². The highest BCUT2D eigenvalue weighted by molar-refractivity contribution is 5.92. The minimum atomic E-state index is -0.495. The van der Waals surface area contributed by atoms with Crippen LogP contribution in [0.25, 0.3) is 11.1 Å². The highest BCUT2D eigenvalue weighted by atomic mass is 16.5. The van der Waals surface area contributed by atoms with Crippen LogP contribution in [0.5, 0.6) is 34.5 Å². The van der Waals surface area contributed by atoms with E-state index in [1.165, 1.54) is 25.7 Å². The molecule has 0 aliphatic carbocycles. The average molecular weight is 667 g/mol. The molecule has 0 atom stereocenters. The van der Waals surface area contributed by atoms with Crippen LogP contribution in [-0.4, -0.2) is 38.4 Å². The molecule has 0 bridgehead atoms. The van der Waals surface area contributed by atoms with E-state index in [9.17, 15) is 9.59 Å². The number of carbonyl (C=O) groups excluding carboxylic acids is 2. The van der Waals surface area contributed by atoms with E-state index >= 15 is 0 Å². The first-order valence-corrected chi connectivity index (χ1v) is 17.5. The summed E-state index contributed by atoms with van der Waals surface area (Å²) in [6, 6.07) is 24.3. The number of fused-ring (bicyclic) bond motifs is 3. The summed E-state index contributed by atoms with van der Waals surface area (Å²) >= 11 is 0. The van der Waals surface area contributed by atoms with Gasteiger partial charge in [0.25, 0.3) is 0 Å².